The highest BCUT2D eigenvalue weighted by Gasteiger charge is 2.66. The van der Waals surface area contributed by atoms with E-state index in [0.29, 0.717) is 12.1 Å². The van der Waals surface area contributed by atoms with E-state index in [2.05, 4.69) is 0 Å². The van der Waals surface area contributed by atoms with Crippen molar-refractivity contribution in [2.75, 3.05) is 4.90 Å². The minimum absolute atomic E-state index is 0.0307. The summed E-state index contributed by atoms with van der Waals surface area (Å²) in [6, 6.07) is 8.87. The Morgan fingerprint density at radius 2 is 1.95 bits per heavy atom. The summed E-state index contributed by atoms with van der Waals surface area (Å²) >= 11 is 0. The van der Waals surface area contributed by atoms with Crippen molar-refractivity contribution in [3.05, 3.63) is 42.5 Å². The average molecular weight is 296 g/mol. The fraction of sp³-hybridized carbons (Fsp3) is 0.353. The van der Waals surface area contributed by atoms with Crippen molar-refractivity contribution in [1.82, 2.24) is 0 Å². The quantitative estimate of drug-likeness (QED) is 0.658. The third kappa shape index (κ3) is 1.46. The number of rotatable bonds is 2. The minimum atomic E-state index is -0.888. The number of nitrogens with zero attached hydrogens (tertiary/aromatic N) is 1. The number of carbonyl (C=O) groups excluding carboxylic acids is 3. The fourth-order valence-electron chi connectivity index (χ4n) is 4.34. The number of benzene rings is 1. The summed E-state index contributed by atoms with van der Waals surface area (Å²) in [5.74, 6) is -2.27. The molecule has 3 amide bonds. The first-order valence-electron chi connectivity index (χ1n) is 7.48. The van der Waals surface area contributed by atoms with Crippen molar-refractivity contribution in [2.45, 2.75) is 12.8 Å². The average Bonchev–Trinajstić information content (AvgIpc) is 2.77. The molecule has 2 fully saturated rings. The van der Waals surface area contributed by atoms with Gasteiger partial charge in [0.25, 0.3) is 0 Å². The molecule has 2 N–H and O–H groups in total. The minimum Gasteiger partial charge on any atom is -0.369 e. The number of fused-ring (bicyclic) bond motifs is 1. The van der Waals surface area contributed by atoms with E-state index in [1.807, 2.05) is 18.2 Å². The van der Waals surface area contributed by atoms with Gasteiger partial charge in [0.2, 0.25) is 17.7 Å². The lowest BCUT2D eigenvalue weighted by Gasteiger charge is -2.45. The number of hydrogen-bond acceptors (Lipinski definition) is 3. The maximum absolute atomic E-state index is 13.0. The first-order valence-corrected chi connectivity index (χ1v) is 7.48. The molecule has 5 nitrogen and oxygen atoms in total. The summed E-state index contributed by atoms with van der Waals surface area (Å²) in [6.45, 7) is 0. The molecule has 1 aromatic rings. The van der Waals surface area contributed by atoms with E-state index in [0.717, 1.165) is 6.42 Å². The number of primary amides is 1. The number of anilines is 1. The van der Waals surface area contributed by atoms with Crippen LogP contribution in [0.1, 0.15) is 12.8 Å². The Bertz CT molecular complexity index is 712. The summed E-state index contributed by atoms with van der Waals surface area (Å²) in [6.07, 6.45) is 5.07. The van der Waals surface area contributed by atoms with Crippen molar-refractivity contribution < 1.29 is 14.4 Å². The van der Waals surface area contributed by atoms with Crippen molar-refractivity contribution in [2.24, 2.45) is 28.9 Å². The van der Waals surface area contributed by atoms with Crippen LogP contribution in [0.3, 0.4) is 0 Å². The lowest BCUT2D eigenvalue weighted by atomic mass is 9.55. The number of imide groups is 1. The summed E-state index contributed by atoms with van der Waals surface area (Å²) in [5.41, 5.74) is 5.21. The van der Waals surface area contributed by atoms with Crippen LogP contribution in [0.15, 0.2) is 42.5 Å². The van der Waals surface area contributed by atoms with Crippen molar-refractivity contribution in [1.29, 1.82) is 0 Å². The van der Waals surface area contributed by atoms with Crippen molar-refractivity contribution in [3.8, 4) is 0 Å². The van der Waals surface area contributed by atoms with E-state index < -0.39 is 23.2 Å². The van der Waals surface area contributed by atoms with Gasteiger partial charge >= 0.3 is 0 Å². The molecule has 5 rings (SSSR count). The molecule has 4 aliphatic rings. The van der Waals surface area contributed by atoms with Crippen LogP contribution < -0.4 is 10.6 Å². The van der Waals surface area contributed by atoms with E-state index in [1.54, 1.807) is 24.3 Å². The van der Waals surface area contributed by atoms with Gasteiger partial charge in [-0.1, -0.05) is 30.4 Å². The lowest BCUT2D eigenvalue weighted by Crippen LogP contribution is -2.51. The summed E-state index contributed by atoms with van der Waals surface area (Å²) in [5, 5.41) is 0. The molecule has 1 saturated carbocycles. The van der Waals surface area contributed by atoms with Gasteiger partial charge in [-0.05, 0) is 30.9 Å². The fourth-order valence-corrected chi connectivity index (χ4v) is 4.34. The molecular weight excluding hydrogens is 280 g/mol. The molecule has 0 radical (unpaired) electrons. The monoisotopic (exact) mass is 296 g/mol. The molecule has 4 atom stereocenters. The molecule has 1 spiro atoms. The second-order valence-electron chi connectivity index (χ2n) is 6.32. The molecule has 2 bridgehead atoms. The predicted octanol–water partition coefficient (Wildman–Crippen LogP) is 1.24. The molecule has 5 heteroatoms. The zero-order valence-corrected chi connectivity index (χ0v) is 11.9. The predicted molar refractivity (Wildman–Crippen MR) is 79.4 cm³/mol. The number of amides is 3. The van der Waals surface area contributed by atoms with Gasteiger partial charge < -0.3 is 5.73 Å². The lowest BCUT2D eigenvalue weighted by molar-refractivity contribution is -0.139. The third-order valence-corrected chi connectivity index (χ3v) is 5.34. The number of nitrogens with two attached hydrogens (primary N) is 1. The van der Waals surface area contributed by atoms with E-state index in [-0.39, 0.29) is 17.7 Å². The zero-order chi connectivity index (χ0) is 15.5. The highest BCUT2D eigenvalue weighted by molar-refractivity contribution is 6.25. The second kappa shape index (κ2) is 4.29. The SMILES string of the molecule is NC(=O)C1C2C=CC3(CC2)C(=O)N(c2ccccc2)C(=O)C13. The molecule has 112 valence electrons. The van der Waals surface area contributed by atoms with Crippen LogP contribution in [0.5, 0.6) is 0 Å². The molecule has 22 heavy (non-hydrogen) atoms. The third-order valence-electron chi connectivity index (χ3n) is 5.34. The van der Waals surface area contributed by atoms with Crippen LogP contribution >= 0.6 is 0 Å². The van der Waals surface area contributed by atoms with Crippen LogP contribution in [-0.2, 0) is 14.4 Å². The maximum Gasteiger partial charge on any atom is 0.244 e. The van der Waals surface area contributed by atoms with Crippen molar-refractivity contribution >= 4 is 23.4 Å². The Kier molecular flexibility index (Phi) is 2.58. The summed E-state index contributed by atoms with van der Waals surface area (Å²) in [7, 11) is 0. The Morgan fingerprint density at radius 1 is 1.23 bits per heavy atom. The van der Waals surface area contributed by atoms with Crippen LogP contribution in [0.25, 0.3) is 0 Å². The topological polar surface area (TPSA) is 80.5 Å². The number of para-hydroxylation sites is 1. The Hall–Kier alpha value is -2.43. The number of hydrogen-bond donors (Lipinski definition) is 1. The standard InChI is InChI=1S/C17H16N2O3/c18-14(20)12-10-6-8-17(9-7-10)13(12)15(21)19(16(17)22)11-4-2-1-3-5-11/h1-6,8,10,12-13H,7,9H2,(H2,18,20). The zero-order valence-electron chi connectivity index (χ0n) is 11.9. The largest absolute Gasteiger partial charge is 0.369 e. The first kappa shape index (κ1) is 13.2. The molecule has 1 saturated heterocycles. The molecule has 4 unspecified atom stereocenters. The van der Waals surface area contributed by atoms with Crippen LogP contribution in [0, 0.1) is 23.2 Å². The summed E-state index contributed by atoms with van der Waals surface area (Å²) in [4.78, 5) is 39.0. The van der Waals surface area contributed by atoms with Crippen LogP contribution in [0.4, 0.5) is 5.69 Å². The first-order chi connectivity index (χ1) is 10.6. The smallest absolute Gasteiger partial charge is 0.244 e. The Morgan fingerprint density at radius 3 is 2.55 bits per heavy atom. The van der Waals surface area contributed by atoms with Crippen LogP contribution in [-0.4, -0.2) is 17.7 Å². The number of allylic oxidation sites excluding steroid dienone is 1. The highest BCUT2D eigenvalue weighted by Crippen LogP contribution is 2.58. The van der Waals surface area contributed by atoms with Gasteiger partial charge in [-0.25, -0.2) is 4.90 Å². The number of carbonyl (C=O) groups is 3. The second-order valence-corrected chi connectivity index (χ2v) is 6.32. The Labute approximate surface area is 127 Å². The molecule has 3 aliphatic carbocycles. The Balaban J connectivity index is 1.86. The van der Waals surface area contributed by atoms with E-state index in [9.17, 15) is 14.4 Å². The van der Waals surface area contributed by atoms with Gasteiger partial charge in [0, 0.05) is 0 Å². The highest BCUT2D eigenvalue weighted by atomic mass is 16.2. The summed E-state index contributed by atoms with van der Waals surface area (Å²) < 4.78 is 0. The molecule has 1 aliphatic heterocycles. The molecular formula is C17H16N2O3. The van der Waals surface area contributed by atoms with Gasteiger partial charge in [-0.2, -0.15) is 0 Å². The van der Waals surface area contributed by atoms with E-state index >= 15 is 0 Å². The van der Waals surface area contributed by atoms with Gasteiger partial charge in [0.15, 0.2) is 0 Å². The normalized spacial score (nSPS) is 35.8. The molecule has 1 heterocycles. The van der Waals surface area contributed by atoms with Crippen LogP contribution in [0.2, 0.25) is 0 Å². The van der Waals surface area contributed by atoms with E-state index in [1.165, 1.54) is 4.90 Å². The molecule has 0 aromatic heterocycles. The van der Waals surface area contributed by atoms with E-state index in [4.69, 9.17) is 5.73 Å². The van der Waals surface area contributed by atoms with Crippen molar-refractivity contribution in [3.63, 3.8) is 0 Å². The van der Waals surface area contributed by atoms with Gasteiger partial charge in [0.1, 0.15) is 0 Å². The maximum atomic E-state index is 13.0. The van der Waals surface area contributed by atoms with Gasteiger partial charge in [-0.3, -0.25) is 14.4 Å². The molecule has 1 aromatic carbocycles. The van der Waals surface area contributed by atoms with Gasteiger partial charge in [0.05, 0.1) is 22.9 Å². The van der Waals surface area contributed by atoms with Gasteiger partial charge in [-0.15, -0.1) is 0 Å².